The summed E-state index contributed by atoms with van der Waals surface area (Å²) in [6, 6.07) is 9.39. The van der Waals surface area contributed by atoms with Crippen LogP contribution in [0.2, 0.25) is 0 Å². The zero-order valence-electron chi connectivity index (χ0n) is 17.3. The van der Waals surface area contributed by atoms with Gasteiger partial charge in [0.15, 0.2) is 0 Å². The summed E-state index contributed by atoms with van der Waals surface area (Å²) >= 11 is 4.70. The van der Waals surface area contributed by atoms with Crippen molar-refractivity contribution < 1.29 is 9.72 Å². The molecule has 32 heavy (non-hydrogen) atoms. The van der Waals surface area contributed by atoms with E-state index in [4.69, 9.17) is 0 Å². The number of nitrogens with one attached hydrogen (secondary N) is 1. The van der Waals surface area contributed by atoms with Crippen LogP contribution >= 0.6 is 27.3 Å². The summed E-state index contributed by atoms with van der Waals surface area (Å²) in [5.74, 6) is -0.204. The molecule has 0 atom stereocenters. The summed E-state index contributed by atoms with van der Waals surface area (Å²) < 4.78 is 4.34. The summed E-state index contributed by atoms with van der Waals surface area (Å²) in [4.78, 5) is 24.0. The molecular formula is C21H19BrN6O3S. The molecule has 3 aromatic heterocycles. The topological polar surface area (TPSA) is 108 Å². The Balaban J connectivity index is 1.40. The van der Waals surface area contributed by atoms with E-state index in [0.717, 1.165) is 15.6 Å². The summed E-state index contributed by atoms with van der Waals surface area (Å²) in [6.07, 6.45) is 3.63. The van der Waals surface area contributed by atoms with E-state index in [-0.39, 0.29) is 11.6 Å². The number of halogens is 1. The average molecular weight is 515 g/mol. The van der Waals surface area contributed by atoms with Gasteiger partial charge >= 0.3 is 5.69 Å². The predicted octanol–water partition coefficient (Wildman–Crippen LogP) is 4.78. The molecule has 0 unspecified atom stereocenters. The van der Waals surface area contributed by atoms with Crippen LogP contribution in [-0.4, -0.2) is 30.4 Å². The highest BCUT2D eigenvalue weighted by Crippen LogP contribution is 2.24. The molecule has 1 aromatic carbocycles. The Morgan fingerprint density at radius 3 is 2.59 bits per heavy atom. The van der Waals surface area contributed by atoms with Gasteiger partial charge in [0.05, 0.1) is 33.6 Å². The Labute approximate surface area is 196 Å². The molecule has 0 spiro atoms. The van der Waals surface area contributed by atoms with Gasteiger partial charge in [-0.3, -0.25) is 24.3 Å². The van der Waals surface area contributed by atoms with E-state index < -0.39 is 4.92 Å². The first-order valence-electron chi connectivity index (χ1n) is 9.64. The standard InChI is InChI=1S/C21H19BrN6O3S/c1-13-20(28(30)31)14(2)27(25-13)10-16-7-19(32-12-16)21(29)24-18-5-3-15(4-6-18)9-26-11-17(22)8-23-26/h3-8,11-12H,9-10H2,1-2H3,(H,24,29). The number of amides is 1. The Morgan fingerprint density at radius 1 is 1.22 bits per heavy atom. The fourth-order valence-electron chi connectivity index (χ4n) is 3.35. The Kier molecular flexibility index (Phi) is 6.19. The molecule has 0 aliphatic heterocycles. The van der Waals surface area contributed by atoms with Crippen molar-refractivity contribution in [2.75, 3.05) is 5.32 Å². The minimum Gasteiger partial charge on any atom is -0.321 e. The second kappa shape index (κ2) is 9.05. The van der Waals surface area contributed by atoms with Crippen LogP contribution in [0, 0.1) is 24.0 Å². The normalized spacial score (nSPS) is 11.0. The molecule has 0 saturated carbocycles. The van der Waals surface area contributed by atoms with Crippen LogP contribution in [0.5, 0.6) is 0 Å². The van der Waals surface area contributed by atoms with Crippen LogP contribution in [-0.2, 0) is 13.1 Å². The highest BCUT2D eigenvalue weighted by molar-refractivity contribution is 9.10. The van der Waals surface area contributed by atoms with Crippen molar-refractivity contribution in [3.05, 3.63) is 90.1 Å². The number of nitrogens with zero attached hydrogens (tertiary/aromatic N) is 5. The first kappa shape index (κ1) is 21.9. The first-order chi connectivity index (χ1) is 15.3. The quantitative estimate of drug-likeness (QED) is 0.282. The minimum atomic E-state index is -0.417. The molecule has 0 bridgehead atoms. The molecule has 164 valence electrons. The van der Waals surface area contributed by atoms with Crippen LogP contribution in [0.4, 0.5) is 11.4 Å². The smallest absolute Gasteiger partial charge is 0.312 e. The van der Waals surface area contributed by atoms with Crippen LogP contribution < -0.4 is 5.32 Å². The summed E-state index contributed by atoms with van der Waals surface area (Å²) in [6.45, 7) is 4.29. The maximum Gasteiger partial charge on any atom is 0.312 e. The number of hydrogen-bond donors (Lipinski definition) is 1. The zero-order chi connectivity index (χ0) is 22.8. The van der Waals surface area contributed by atoms with Gasteiger partial charge in [-0.25, -0.2) is 0 Å². The van der Waals surface area contributed by atoms with Gasteiger partial charge in [-0.1, -0.05) is 12.1 Å². The molecule has 0 aliphatic rings. The van der Waals surface area contributed by atoms with E-state index >= 15 is 0 Å². The number of thiophene rings is 1. The molecule has 9 nitrogen and oxygen atoms in total. The van der Waals surface area contributed by atoms with Crippen molar-refractivity contribution in [2.24, 2.45) is 0 Å². The molecule has 0 fully saturated rings. The van der Waals surface area contributed by atoms with Crippen molar-refractivity contribution in [1.29, 1.82) is 0 Å². The highest BCUT2D eigenvalue weighted by Gasteiger charge is 2.22. The fraction of sp³-hybridized carbons (Fsp3) is 0.190. The third-order valence-electron chi connectivity index (χ3n) is 4.89. The van der Waals surface area contributed by atoms with Crippen molar-refractivity contribution in [3.63, 3.8) is 0 Å². The molecule has 0 saturated heterocycles. The lowest BCUT2D eigenvalue weighted by Gasteiger charge is -2.06. The number of hydrogen-bond acceptors (Lipinski definition) is 6. The molecule has 4 rings (SSSR count). The van der Waals surface area contributed by atoms with E-state index in [0.29, 0.717) is 35.0 Å². The zero-order valence-corrected chi connectivity index (χ0v) is 19.7. The van der Waals surface area contributed by atoms with Crippen molar-refractivity contribution in [2.45, 2.75) is 26.9 Å². The highest BCUT2D eigenvalue weighted by atomic mass is 79.9. The maximum atomic E-state index is 12.6. The van der Waals surface area contributed by atoms with Crippen LogP contribution in [0.1, 0.15) is 32.2 Å². The van der Waals surface area contributed by atoms with Gasteiger partial charge in [0, 0.05) is 11.9 Å². The summed E-state index contributed by atoms with van der Waals surface area (Å²) in [5, 5.41) is 24.4. The lowest BCUT2D eigenvalue weighted by molar-refractivity contribution is -0.386. The number of anilines is 1. The van der Waals surface area contributed by atoms with Crippen LogP contribution in [0.15, 0.2) is 52.6 Å². The first-order valence-corrected chi connectivity index (χ1v) is 11.3. The van der Waals surface area contributed by atoms with Crippen molar-refractivity contribution in [3.8, 4) is 0 Å². The third-order valence-corrected chi connectivity index (χ3v) is 6.28. The van der Waals surface area contributed by atoms with Gasteiger partial charge in [0.25, 0.3) is 5.91 Å². The van der Waals surface area contributed by atoms with Crippen LogP contribution in [0.25, 0.3) is 0 Å². The number of benzene rings is 1. The van der Waals surface area contributed by atoms with Crippen LogP contribution in [0.3, 0.4) is 0 Å². The number of aryl methyl sites for hydroxylation is 1. The molecule has 0 aliphatic carbocycles. The average Bonchev–Trinajstić information content (AvgIpc) is 3.44. The monoisotopic (exact) mass is 514 g/mol. The van der Waals surface area contributed by atoms with Gasteiger partial charge in [-0.15, -0.1) is 11.3 Å². The Hall–Kier alpha value is -3.31. The van der Waals surface area contributed by atoms with Crippen molar-refractivity contribution in [1.82, 2.24) is 19.6 Å². The Morgan fingerprint density at radius 2 is 1.97 bits per heavy atom. The lowest BCUT2D eigenvalue weighted by atomic mass is 10.2. The number of nitro groups is 1. The molecule has 0 radical (unpaired) electrons. The van der Waals surface area contributed by atoms with E-state index in [1.165, 1.54) is 11.3 Å². The number of carbonyl (C=O) groups excluding carboxylic acids is 1. The van der Waals surface area contributed by atoms with Gasteiger partial charge in [-0.05, 0) is 64.5 Å². The largest absolute Gasteiger partial charge is 0.321 e. The Bertz CT molecular complexity index is 1290. The third kappa shape index (κ3) is 4.78. The molecule has 3 heterocycles. The fourth-order valence-corrected chi connectivity index (χ4v) is 4.48. The summed E-state index contributed by atoms with van der Waals surface area (Å²) in [7, 11) is 0. The van der Waals surface area contributed by atoms with Gasteiger partial charge in [-0.2, -0.15) is 10.2 Å². The number of aromatic nitrogens is 4. The van der Waals surface area contributed by atoms with Crippen molar-refractivity contribution >= 4 is 44.5 Å². The molecule has 1 amide bonds. The molecule has 1 N–H and O–H groups in total. The second-order valence-electron chi connectivity index (χ2n) is 7.26. The predicted molar refractivity (Wildman–Crippen MR) is 125 cm³/mol. The SMILES string of the molecule is Cc1nn(Cc2csc(C(=O)Nc3ccc(Cn4cc(Br)cn4)cc3)c2)c(C)c1[N+](=O)[O-]. The van der Waals surface area contributed by atoms with Gasteiger partial charge in [0.2, 0.25) is 0 Å². The molecular weight excluding hydrogens is 496 g/mol. The van der Waals surface area contributed by atoms with E-state index in [1.54, 1.807) is 30.8 Å². The number of carbonyl (C=O) groups is 1. The van der Waals surface area contributed by atoms with E-state index in [1.807, 2.05) is 40.5 Å². The van der Waals surface area contributed by atoms with Gasteiger partial charge in [0.1, 0.15) is 11.4 Å². The summed E-state index contributed by atoms with van der Waals surface area (Å²) in [5.41, 5.74) is 3.53. The van der Waals surface area contributed by atoms with E-state index in [9.17, 15) is 14.9 Å². The second-order valence-corrected chi connectivity index (χ2v) is 9.09. The number of rotatable bonds is 7. The maximum absolute atomic E-state index is 12.6. The molecule has 4 aromatic rings. The van der Waals surface area contributed by atoms with Gasteiger partial charge < -0.3 is 5.32 Å². The minimum absolute atomic E-state index is 0.0295. The lowest BCUT2D eigenvalue weighted by Crippen LogP contribution is -2.10. The van der Waals surface area contributed by atoms with E-state index in [2.05, 4.69) is 31.4 Å². The molecule has 11 heteroatoms.